The van der Waals surface area contributed by atoms with E-state index in [9.17, 15) is 0 Å². The molecule has 6 aromatic carbocycles. The Bertz CT molecular complexity index is 1270. The van der Waals surface area contributed by atoms with Crippen molar-refractivity contribution in [3.63, 3.8) is 0 Å². The maximum atomic E-state index is 2.27. The average molecular weight is 887 g/mol. The molecule has 0 heterocycles. The zero-order chi connectivity index (χ0) is 34.1. The third-order valence-electron chi connectivity index (χ3n) is 7.37. The van der Waals surface area contributed by atoms with E-state index in [0.29, 0.717) is 30.9 Å². The molecule has 0 spiro atoms. The van der Waals surface area contributed by atoms with Gasteiger partial charge in [-0.3, -0.25) is 0 Å². The number of benzene rings is 6. The summed E-state index contributed by atoms with van der Waals surface area (Å²) in [5.41, 5.74) is 0. The van der Waals surface area contributed by atoms with E-state index < -0.39 is 28.7 Å². The Morgan fingerprint density at radius 3 is 0.531 bits per heavy atom. The van der Waals surface area contributed by atoms with Gasteiger partial charge in [-0.15, -0.1) is 0 Å². The Balaban J connectivity index is 0.000000264. The zero-order valence-corrected chi connectivity index (χ0v) is 38.0. The molecule has 49 heavy (non-hydrogen) atoms. The molecule has 0 fully saturated rings. The van der Waals surface area contributed by atoms with E-state index >= 15 is 0 Å². The van der Waals surface area contributed by atoms with Crippen LogP contribution in [-0.2, 0) is 0 Å². The van der Waals surface area contributed by atoms with Crippen molar-refractivity contribution in [1.82, 2.24) is 0 Å². The first kappa shape index (κ1) is 42.6. The van der Waals surface area contributed by atoms with Gasteiger partial charge in [0.1, 0.15) is 0 Å². The fraction of sp³-hybridized carbons (Fsp3) is 0.182. The first-order chi connectivity index (χ1) is 23.7. The fourth-order valence-electron chi connectivity index (χ4n) is 5.13. The SMILES string of the molecule is C[CH2][Ge][CH2]C.C[CH2][Ge][CH2]C.O.c1cc[c]([Ge]([c]2ccccc2)[c]2ccccc2)cc1.c1cc[c]([Ge]([c]2ccccc2)[c]2ccccc2)cc1. The molecule has 0 saturated carbocycles. The molecular weight excluding hydrogens is 835 g/mol. The minimum atomic E-state index is -1.63. The van der Waals surface area contributed by atoms with E-state index in [1.807, 2.05) is 0 Å². The van der Waals surface area contributed by atoms with Gasteiger partial charge in [0.15, 0.2) is 0 Å². The first-order valence-electron chi connectivity index (χ1n) is 17.2. The van der Waals surface area contributed by atoms with Crippen LogP contribution in [-0.4, -0.2) is 65.0 Å². The molecule has 0 bridgehead atoms. The summed E-state index contributed by atoms with van der Waals surface area (Å²) in [6.45, 7) is 9.07. The van der Waals surface area contributed by atoms with Gasteiger partial charge in [-0.25, -0.2) is 0 Å². The van der Waals surface area contributed by atoms with Crippen LogP contribution in [0.15, 0.2) is 182 Å². The number of rotatable bonds is 10. The molecular formula is C44H52Ge4O. The molecule has 0 atom stereocenters. The molecule has 1 nitrogen and oxygen atoms in total. The molecule has 6 aromatic rings. The van der Waals surface area contributed by atoms with Crippen LogP contribution in [0, 0.1) is 0 Å². The summed E-state index contributed by atoms with van der Waals surface area (Å²) in [5.74, 6) is 0. The second kappa shape index (κ2) is 27.2. The van der Waals surface area contributed by atoms with E-state index in [2.05, 4.69) is 210 Å². The van der Waals surface area contributed by atoms with E-state index in [-0.39, 0.29) is 5.48 Å². The predicted molar refractivity (Wildman–Crippen MR) is 225 cm³/mol. The third kappa shape index (κ3) is 15.9. The Kier molecular flexibility index (Phi) is 23.7. The van der Waals surface area contributed by atoms with Gasteiger partial charge in [0, 0.05) is 0 Å². The Hall–Kier alpha value is -2.55. The van der Waals surface area contributed by atoms with E-state index in [1.54, 1.807) is 0 Å². The standard InChI is InChI=1S/2C18H15Ge.2C4H10Ge.H2O/c2*1-4-10-16(11-5-1)19(17-12-6-2-7-13-17)18-14-8-3-9-15-18;2*1-3-5-4-2;/h2*1-15H;2*3-4H2,1-2H3;1H2. The zero-order valence-electron chi connectivity index (χ0n) is 29.6. The Morgan fingerprint density at radius 2 is 0.429 bits per heavy atom. The van der Waals surface area contributed by atoms with Gasteiger partial charge in [0.25, 0.3) is 0 Å². The minimum absolute atomic E-state index is 0. The topological polar surface area (TPSA) is 31.5 Å². The molecule has 0 aliphatic rings. The number of hydrogen-bond acceptors (Lipinski definition) is 0. The summed E-state index contributed by atoms with van der Waals surface area (Å²) in [7, 11) is 0. The van der Waals surface area contributed by atoms with Crippen LogP contribution in [0.2, 0.25) is 21.0 Å². The molecule has 0 aliphatic carbocycles. The second-order valence-corrected chi connectivity index (χ2v) is 29.3. The quantitative estimate of drug-likeness (QED) is 0.137. The molecule has 6 radical (unpaired) electrons. The molecule has 2 N–H and O–H groups in total. The van der Waals surface area contributed by atoms with Gasteiger partial charge < -0.3 is 5.48 Å². The van der Waals surface area contributed by atoms with Gasteiger partial charge in [0.2, 0.25) is 0 Å². The fourth-order valence-corrected chi connectivity index (χ4v) is 18.0. The summed E-state index contributed by atoms with van der Waals surface area (Å²) in [5, 5.41) is 5.88. The predicted octanol–water partition coefficient (Wildman–Crippen LogP) is 6.71. The van der Waals surface area contributed by atoms with Gasteiger partial charge >= 0.3 is 317 Å². The second-order valence-electron chi connectivity index (χ2n) is 10.9. The Labute approximate surface area is 319 Å². The van der Waals surface area contributed by atoms with Gasteiger partial charge in [-0.2, -0.15) is 0 Å². The van der Waals surface area contributed by atoms with Crippen molar-refractivity contribution in [3.8, 4) is 0 Å². The van der Waals surface area contributed by atoms with Crippen molar-refractivity contribution < 1.29 is 5.48 Å². The van der Waals surface area contributed by atoms with Crippen LogP contribution in [0.4, 0.5) is 0 Å². The number of hydrogen-bond donors (Lipinski definition) is 0. The van der Waals surface area contributed by atoms with Crippen LogP contribution in [0.25, 0.3) is 0 Å². The third-order valence-corrected chi connectivity index (χ3v) is 23.0. The monoisotopic (exact) mass is 892 g/mol. The van der Waals surface area contributed by atoms with Gasteiger partial charge in [0.05, 0.1) is 0 Å². The normalized spacial score (nSPS) is 9.92. The summed E-state index contributed by atoms with van der Waals surface area (Å²) >= 11 is -2.21. The first-order valence-corrected chi connectivity index (χ1v) is 29.4. The van der Waals surface area contributed by atoms with Crippen LogP contribution in [0.5, 0.6) is 0 Å². The van der Waals surface area contributed by atoms with Crippen LogP contribution in [0.3, 0.4) is 0 Å². The van der Waals surface area contributed by atoms with Crippen molar-refractivity contribution in [1.29, 1.82) is 0 Å². The molecule has 0 aliphatic heterocycles. The van der Waals surface area contributed by atoms with Crippen molar-refractivity contribution in [2.24, 2.45) is 0 Å². The molecule has 250 valence electrons. The summed E-state index contributed by atoms with van der Waals surface area (Å²) in [6, 6.07) is 65.6. The summed E-state index contributed by atoms with van der Waals surface area (Å²) in [4.78, 5) is 0. The Morgan fingerprint density at radius 1 is 0.286 bits per heavy atom. The van der Waals surface area contributed by atoms with Crippen molar-refractivity contribution in [2.75, 3.05) is 0 Å². The summed E-state index contributed by atoms with van der Waals surface area (Å²) in [6.07, 6.45) is 0. The van der Waals surface area contributed by atoms with Crippen molar-refractivity contribution in [3.05, 3.63) is 182 Å². The van der Waals surface area contributed by atoms with Gasteiger partial charge in [-0.05, 0) is 0 Å². The van der Waals surface area contributed by atoms with E-state index in [0.717, 1.165) is 0 Å². The van der Waals surface area contributed by atoms with Gasteiger partial charge in [-0.1, -0.05) is 0 Å². The molecule has 0 saturated heterocycles. The van der Waals surface area contributed by atoms with Crippen LogP contribution < -0.4 is 26.4 Å². The summed E-state index contributed by atoms with van der Waals surface area (Å²) < 4.78 is 9.00. The van der Waals surface area contributed by atoms with E-state index in [1.165, 1.54) is 47.4 Å². The van der Waals surface area contributed by atoms with Crippen molar-refractivity contribution in [2.45, 2.75) is 48.7 Å². The van der Waals surface area contributed by atoms with Crippen LogP contribution >= 0.6 is 0 Å². The maximum absolute atomic E-state index is 2.27. The molecule has 0 unspecified atom stereocenters. The molecule has 0 amide bonds. The molecule has 6 rings (SSSR count). The van der Waals surface area contributed by atoms with E-state index in [4.69, 9.17) is 0 Å². The van der Waals surface area contributed by atoms with Crippen molar-refractivity contribution >= 4 is 85.9 Å². The molecule has 0 aromatic heterocycles. The molecule has 5 heteroatoms. The average Bonchev–Trinajstić information content (AvgIpc) is 3.16. The van der Waals surface area contributed by atoms with Crippen LogP contribution in [0.1, 0.15) is 27.7 Å².